The van der Waals surface area contributed by atoms with Crippen LogP contribution in [0.1, 0.15) is 80.1 Å². The minimum atomic E-state index is 0.127. The number of hydrogen-bond donors (Lipinski definition) is 0. The highest BCUT2D eigenvalue weighted by molar-refractivity contribution is 14.1. The third-order valence-corrected chi connectivity index (χ3v) is 5.82. The fourth-order valence-corrected chi connectivity index (χ4v) is 3.29. The molecule has 22 heavy (non-hydrogen) atoms. The molecule has 0 aliphatic heterocycles. The third-order valence-electron chi connectivity index (χ3n) is 4.76. The van der Waals surface area contributed by atoms with Crippen molar-refractivity contribution in [3.05, 3.63) is 21.2 Å². The van der Waals surface area contributed by atoms with Crippen molar-refractivity contribution in [3.63, 3.8) is 0 Å². The molecule has 0 saturated carbocycles. The molecule has 0 rings (SSSR count). The van der Waals surface area contributed by atoms with Gasteiger partial charge >= 0.3 is 6.92 Å². The zero-order chi connectivity index (χ0) is 17.2. The number of hydrogen-bond acceptors (Lipinski definition) is 1. The maximum atomic E-state index is 5.98. The van der Waals surface area contributed by atoms with E-state index in [1.807, 2.05) is 7.11 Å². The van der Waals surface area contributed by atoms with E-state index >= 15 is 0 Å². The van der Waals surface area contributed by atoms with Crippen LogP contribution in [0.3, 0.4) is 0 Å². The molecule has 0 aromatic heterocycles. The van der Waals surface area contributed by atoms with E-state index in [9.17, 15) is 0 Å². The smallest absolute Gasteiger partial charge is 0.333 e. The number of rotatable bonds is 11. The van der Waals surface area contributed by atoms with E-state index in [0.29, 0.717) is 5.92 Å². The second-order valence-corrected chi connectivity index (χ2v) is 8.25. The Balaban J connectivity index is 5.44. The fourth-order valence-electron chi connectivity index (χ4n) is 2.48. The maximum absolute atomic E-state index is 5.98. The van der Waals surface area contributed by atoms with Gasteiger partial charge in [-0.25, -0.2) is 0 Å². The van der Waals surface area contributed by atoms with Gasteiger partial charge in [0.15, 0.2) is 0 Å². The standard InChI is InChI=1S/C19H36BIO/c1-8-10-12-14-17(18(21)15-13-11-9-2)20(22-7)19(5,6)16(3)4/h14-16H,8-13H2,1-7H3/b17-14-,18-15-. The highest BCUT2D eigenvalue weighted by Crippen LogP contribution is 2.43. The molecule has 0 atom stereocenters. The summed E-state index contributed by atoms with van der Waals surface area (Å²) in [7, 11) is 1.86. The highest BCUT2D eigenvalue weighted by Gasteiger charge is 2.40. The molecular weight excluding hydrogens is 382 g/mol. The lowest BCUT2D eigenvalue weighted by molar-refractivity contribution is 0.354. The van der Waals surface area contributed by atoms with E-state index in [0.717, 1.165) is 6.42 Å². The summed E-state index contributed by atoms with van der Waals surface area (Å²) in [4.78, 5) is 0. The molecule has 0 bridgehead atoms. The first-order valence-electron chi connectivity index (χ1n) is 8.91. The van der Waals surface area contributed by atoms with Gasteiger partial charge in [-0.1, -0.05) is 79.4 Å². The van der Waals surface area contributed by atoms with Crippen molar-refractivity contribution in [3.8, 4) is 0 Å². The average Bonchev–Trinajstić information content (AvgIpc) is 2.46. The van der Waals surface area contributed by atoms with Crippen molar-refractivity contribution in [1.82, 2.24) is 0 Å². The Hall–Kier alpha value is 0.235. The van der Waals surface area contributed by atoms with Crippen LogP contribution in [0.25, 0.3) is 0 Å². The van der Waals surface area contributed by atoms with E-state index < -0.39 is 0 Å². The molecule has 1 nitrogen and oxygen atoms in total. The monoisotopic (exact) mass is 418 g/mol. The van der Waals surface area contributed by atoms with Gasteiger partial charge in [-0.2, -0.15) is 0 Å². The predicted octanol–water partition coefficient (Wildman–Crippen LogP) is 7.23. The third kappa shape index (κ3) is 7.20. The number of halogens is 1. The Morgan fingerprint density at radius 1 is 1.09 bits per heavy atom. The van der Waals surface area contributed by atoms with Gasteiger partial charge in [0.1, 0.15) is 0 Å². The van der Waals surface area contributed by atoms with Gasteiger partial charge in [-0.15, -0.1) is 0 Å². The molecule has 128 valence electrons. The Kier molecular flexibility index (Phi) is 11.8. The molecule has 0 radical (unpaired) electrons. The van der Waals surface area contributed by atoms with Crippen LogP contribution in [0.4, 0.5) is 0 Å². The lowest BCUT2D eigenvalue weighted by Crippen LogP contribution is -2.36. The van der Waals surface area contributed by atoms with E-state index in [2.05, 4.69) is 76.3 Å². The maximum Gasteiger partial charge on any atom is 0.333 e. The van der Waals surface area contributed by atoms with Gasteiger partial charge in [0.05, 0.1) is 0 Å². The van der Waals surface area contributed by atoms with Crippen molar-refractivity contribution in [2.75, 3.05) is 7.11 Å². The first-order chi connectivity index (χ1) is 10.3. The summed E-state index contributed by atoms with van der Waals surface area (Å²) >= 11 is 2.51. The Bertz CT molecular complexity index is 358. The Labute approximate surface area is 153 Å². The molecular formula is C19H36BIO. The molecule has 0 saturated heterocycles. The molecule has 3 heteroatoms. The van der Waals surface area contributed by atoms with Crippen LogP contribution in [-0.2, 0) is 4.65 Å². The Morgan fingerprint density at radius 2 is 1.59 bits per heavy atom. The zero-order valence-corrected chi connectivity index (χ0v) is 18.0. The van der Waals surface area contributed by atoms with E-state index in [1.54, 1.807) is 0 Å². The zero-order valence-electron chi connectivity index (χ0n) is 15.8. The van der Waals surface area contributed by atoms with Crippen LogP contribution in [0.2, 0.25) is 5.31 Å². The molecule has 0 aromatic rings. The van der Waals surface area contributed by atoms with Gasteiger partial charge in [0.25, 0.3) is 0 Å². The normalized spacial score (nSPS) is 13.9. The summed E-state index contributed by atoms with van der Waals surface area (Å²) in [5, 5.41) is 0.127. The molecule has 0 spiro atoms. The van der Waals surface area contributed by atoms with E-state index in [1.165, 1.54) is 41.2 Å². The summed E-state index contributed by atoms with van der Waals surface area (Å²) in [6, 6.07) is 0. The topological polar surface area (TPSA) is 9.23 Å². The number of allylic oxidation sites excluding steroid dienone is 4. The molecule has 0 aliphatic carbocycles. The predicted molar refractivity (Wildman–Crippen MR) is 111 cm³/mol. The quantitative estimate of drug-likeness (QED) is 0.149. The molecule has 0 aromatic carbocycles. The van der Waals surface area contributed by atoms with Crippen LogP contribution in [0.5, 0.6) is 0 Å². The van der Waals surface area contributed by atoms with E-state index in [4.69, 9.17) is 4.65 Å². The van der Waals surface area contributed by atoms with Crippen LogP contribution in [0, 0.1) is 5.92 Å². The van der Waals surface area contributed by atoms with Gasteiger partial charge in [-0.05, 0) is 52.1 Å². The molecule has 0 N–H and O–H groups in total. The summed E-state index contributed by atoms with van der Waals surface area (Å²) < 4.78 is 7.36. The van der Waals surface area contributed by atoms with Crippen molar-refractivity contribution in [1.29, 1.82) is 0 Å². The molecule has 0 amide bonds. The van der Waals surface area contributed by atoms with Crippen molar-refractivity contribution < 1.29 is 4.65 Å². The highest BCUT2D eigenvalue weighted by atomic mass is 127. The van der Waals surface area contributed by atoms with Crippen molar-refractivity contribution in [2.24, 2.45) is 5.92 Å². The largest absolute Gasteiger partial charge is 0.433 e. The number of unbranched alkanes of at least 4 members (excludes halogenated alkanes) is 4. The first-order valence-corrected chi connectivity index (χ1v) is 9.99. The SMILES string of the molecule is CCCC/C=C(I)/C(=C/CCCC)B(OC)C(C)(C)C(C)C. The second-order valence-electron chi connectivity index (χ2n) is 7.09. The van der Waals surface area contributed by atoms with E-state index in [-0.39, 0.29) is 12.2 Å². The van der Waals surface area contributed by atoms with Crippen LogP contribution >= 0.6 is 22.6 Å². The first kappa shape index (κ1) is 22.2. The van der Waals surface area contributed by atoms with Crippen LogP contribution in [-0.4, -0.2) is 14.0 Å². The minimum absolute atomic E-state index is 0.127. The van der Waals surface area contributed by atoms with Gasteiger partial charge < -0.3 is 4.65 Å². The summed E-state index contributed by atoms with van der Waals surface area (Å²) in [6.07, 6.45) is 12.1. The van der Waals surface area contributed by atoms with Crippen molar-refractivity contribution in [2.45, 2.75) is 85.4 Å². The minimum Gasteiger partial charge on any atom is -0.433 e. The Morgan fingerprint density at radius 3 is 2.00 bits per heavy atom. The molecule has 0 aliphatic rings. The fraction of sp³-hybridized carbons (Fsp3) is 0.789. The summed E-state index contributed by atoms with van der Waals surface area (Å²) in [6.45, 7) is 13.9. The molecule has 0 heterocycles. The average molecular weight is 418 g/mol. The van der Waals surface area contributed by atoms with Crippen LogP contribution in [0.15, 0.2) is 21.2 Å². The summed E-state index contributed by atoms with van der Waals surface area (Å²) in [5.74, 6) is 0.576. The van der Waals surface area contributed by atoms with Gasteiger partial charge in [-0.3, -0.25) is 0 Å². The van der Waals surface area contributed by atoms with Gasteiger partial charge in [0.2, 0.25) is 0 Å². The lowest BCUT2D eigenvalue weighted by Gasteiger charge is -2.35. The molecule has 0 fully saturated rings. The summed E-state index contributed by atoms with van der Waals surface area (Å²) in [5.41, 5.74) is 1.39. The lowest BCUT2D eigenvalue weighted by atomic mass is 9.39. The van der Waals surface area contributed by atoms with Crippen molar-refractivity contribution >= 4 is 29.5 Å². The molecule has 0 unspecified atom stereocenters. The van der Waals surface area contributed by atoms with Gasteiger partial charge in [0, 0.05) is 10.7 Å². The van der Waals surface area contributed by atoms with Crippen LogP contribution < -0.4 is 0 Å². The second kappa shape index (κ2) is 11.7.